The van der Waals surface area contributed by atoms with Crippen LogP contribution in [0.25, 0.3) is 17.2 Å². The van der Waals surface area contributed by atoms with Crippen molar-refractivity contribution in [3.05, 3.63) is 54.1 Å². The lowest BCUT2D eigenvalue weighted by atomic mass is 10.0. The Kier molecular flexibility index (Phi) is 7.08. The van der Waals surface area contributed by atoms with E-state index in [2.05, 4.69) is 13.8 Å². The molecule has 0 amide bonds. The van der Waals surface area contributed by atoms with Crippen molar-refractivity contribution in [1.82, 2.24) is 0 Å². The molecule has 0 unspecified atom stereocenters. The Balaban J connectivity index is 2.31. The van der Waals surface area contributed by atoms with Gasteiger partial charge in [-0.05, 0) is 53.8 Å². The van der Waals surface area contributed by atoms with Gasteiger partial charge in [-0.25, -0.2) is 4.79 Å². The van der Waals surface area contributed by atoms with E-state index in [0.717, 1.165) is 47.1 Å². The molecule has 2 aromatic carbocycles. The molecule has 0 heterocycles. The smallest absolute Gasteiger partial charge is 0.328 e. The summed E-state index contributed by atoms with van der Waals surface area (Å²) in [6.07, 6.45) is 4.58. The van der Waals surface area contributed by atoms with Crippen molar-refractivity contribution in [3.63, 3.8) is 0 Å². The lowest BCUT2D eigenvalue weighted by Gasteiger charge is -2.14. The summed E-state index contributed by atoms with van der Waals surface area (Å²) in [4.78, 5) is 10.7. The van der Waals surface area contributed by atoms with Gasteiger partial charge in [0.05, 0.1) is 13.2 Å². The van der Waals surface area contributed by atoms with E-state index in [1.54, 1.807) is 6.08 Å². The van der Waals surface area contributed by atoms with Crippen LogP contribution >= 0.6 is 0 Å². The quantitative estimate of drug-likeness (QED) is 0.651. The van der Waals surface area contributed by atoms with Crippen LogP contribution in [0.2, 0.25) is 0 Å². The number of hydrogen-bond donors (Lipinski definition) is 1. The van der Waals surface area contributed by atoms with Gasteiger partial charge in [-0.2, -0.15) is 0 Å². The molecule has 0 saturated carbocycles. The van der Waals surface area contributed by atoms with Crippen molar-refractivity contribution in [2.24, 2.45) is 0 Å². The van der Waals surface area contributed by atoms with E-state index in [0.29, 0.717) is 13.2 Å². The second kappa shape index (κ2) is 9.52. The molecule has 1 N–H and O–H groups in total. The molecule has 4 heteroatoms. The molecule has 0 aliphatic carbocycles. The zero-order chi connectivity index (χ0) is 18.1. The Morgan fingerprint density at radius 1 is 0.960 bits per heavy atom. The number of hydrogen-bond acceptors (Lipinski definition) is 3. The molecule has 0 aliphatic rings. The molecule has 0 fully saturated rings. The van der Waals surface area contributed by atoms with Crippen LogP contribution in [0.1, 0.15) is 32.3 Å². The Morgan fingerprint density at radius 3 is 2.32 bits per heavy atom. The molecule has 0 saturated heterocycles. The van der Waals surface area contributed by atoms with Crippen molar-refractivity contribution in [1.29, 1.82) is 0 Å². The molecular weight excluding hydrogens is 316 g/mol. The van der Waals surface area contributed by atoms with Crippen LogP contribution in [0.3, 0.4) is 0 Å². The van der Waals surface area contributed by atoms with Crippen LogP contribution in [-0.4, -0.2) is 24.3 Å². The van der Waals surface area contributed by atoms with Crippen LogP contribution < -0.4 is 9.47 Å². The first-order valence-electron chi connectivity index (χ1n) is 8.55. The molecule has 0 aliphatic heterocycles. The van der Waals surface area contributed by atoms with Crippen molar-refractivity contribution in [3.8, 4) is 22.6 Å². The van der Waals surface area contributed by atoms with E-state index in [1.807, 2.05) is 42.5 Å². The van der Waals surface area contributed by atoms with Gasteiger partial charge in [-0.15, -0.1) is 0 Å². The lowest BCUT2D eigenvalue weighted by molar-refractivity contribution is -0.131. The predicted molar refractivity (Wildman–Crippen MR) is 100 cm³/mol. The molecule has 132 valence electrons. The highest BCUT2D eigenvalue weighted by Crippen LogP contribution is 2.33. The summed E-state index contributed by atoms with van der Waals surface area (Å²) in [6, 6.07) is 13.6. The van der Waals surface area contributed by atoms with E-state index in [1.165, 1.54) is 0 Å². The maximum atomic E-state index is 10.7. The average Bonchev–Trinajstić information content (AvgIpc) is 2.63. The Labute approximate surface area is 148 Å². The fourth-order valence-electron chi connectivity index (χ4n) is 2.33. The zero-order valence-corrected chi connectivity index (χ0v) is 14.7. The molecule has 25 heavy (non-hydrogen) atoms. The maximum absolute atomic E-state index is 10.7. The van der Waals surface area contributed by atoms with Crippen molar-refractivity contribution < 1.29 is 19.4 Å². The first-order chi connectivity index (χ1) is 12.1. The summed E-state index contributed by atoms with van der Waals surface area (Å²) in [7, 11) is 0. The van der Waals surface area contributed by atoms with Crippen LogP contribution in [0.4, 0.5) is 0 Å². The third-order valence-corrected chi connectivity index (χ3v) is 3.51. The third-order valence-electron chi connectivity index (χ3n) is 3.51. The monoisotopic (exact) mass is 340 g/mol. The van der Waals surface area contributed by atoms with Gasteiger partial charge in [0, 0.05) is 6.08 Å². The minimum Gasteiger partial charge on any atom is -0.490 e. The van der Waals surface area contributed by atoms with Gasteiger partial charge in [-0.3, -0.25) is 0 Å². The van der Waals surface area contributed by atoms with E-state index in [9.17, 15) is 4.79 Å². The standard InChI is InChI=1S/C21H24O4/c1-3-12-24-19-10-9-18(15-20(19)25-13-4-2)17-7-5-6-16(14-17)8-11-21(22)23/h5-11,14-15H,3-4,12-13H2,1-2H3,(H,22,23)/b11-8+. The van der Waals surface area contributed by atoms with E-state index in [-0.39, 0.29) is 0 Å². The minimum atomic E-state index is -0.960. The average molecular weight is 340 g/mol. The van der Waals surface area contributed by atoms with Gasteiger partial charge in [0.15, 0.2) is 11.5 Å². The van der Waals surface area contributed by atoms with Gasteiger partial charge in [0.2, 0.25) is 0 Å². The van der Waals surface area contributed by atoms with Crippen molar-refractivity contribution >= 4 is 12.0 Å². The highest BCUT2D eigenvalue weighted by molar-refractivity contribution is 5.85. The highest BCUT2D eigenvalue weighted by Gasteiger charge is 2.08. The van der Waals surface area contributed by atoms with Gasteiger partial charge >= 0.3 is 5.97 Å². The fourth-order valence-corrected chi connectivity index (χ4v) is 2.33. The number of carboxylic acid groups (broad SMARTS) is 1. The van der Waals surface area contributed by atoms with Gasteiger partial charge in [-0.1, -0.05) is 38.1 Å². The Hall–Kier alpha value is -2.75. The summed E-state index contributed by atoms with van der Waals surface area (Å²) >= 11 is 0. The lowest BCUT2D eigenvalue weighted by Crippen LogP contribution is -2.01. The minimum absolute atomic E-state index is 0.632. The number of rotatable bonds is 9. The largest absolute Gasteiger partial charge is 0.490 e. The van der Waals surface area contributed by atoms with Crippen LogP contribution in [0, 0.1) is 0 Å². The summed E-state index contributed by atoms with van der Waals surface area (Å²) < 4.78 is 11.6. The van der Waals surface area contributed by atoms with E-state index < -0.39 is 5.97 Å². The first-order valence-corrected chi connectivity index (χ1v) is 8.55. The zero-order valence-electron chi connectivity index (χ0n) is 14.7. The molecule has 0 atom stereocenters. The fraction of sp³-hybridized carbons (Fsp3) is 0.286. The number of carboxylic acids is 1. The number of aliphatic carboxylic acids is 1. The summed E-state index contributed by atoms with van der Waals surface area (Å²) in [5.74, 6) is 0.526. The summed E-state index contributed by atoms with van der Waals surface area (Å²) in [6.45, 7) is 5.41. The first kappa shape index (κ1) is 18.6. The number of ether oxygens (including phenoxy) is 2. The molecule has 0 bridgehead atoms. The van der Waals surface area contributed by atoms with Gasteiger partial charge in [0.25, 0.3) is 0 Å². The maximum Gasteiger partial charge on any atom is 0.328 e. The molecule has 0 aromatic heterocycles. The normalized spacial score (nSPS) is 10.8. The molecule has 0 spiro atoms. The molecule has 2 aromatic rings. The predicted octanol–water partition coefficient (Wildman–Crippen LogP) is 5.03. The summed E-state index contributed by atoms with van der Waals surface area (Å²) in [5.41, 5.74) is 2.83. The highest BCUT2D eigenvalue weighted by atomic mass is 16.5. The second-order valence-corrected chi connectivity index (χ2v) is 5.66. The van der Waals surface area contributed by atoms with Crippen LogP contribution in [0.15, 0.2) is 48.5 Å². The molecule has 4 nitrogen and oxygen atoms in total. The van der Waals surface area contributed by atoms with Crippen LogP contribution in [0.5, 0.6) is 11.5 Å². The summed E-state index contributed by atoms with van der Waals surface area (Å²) in [5, 5.41) is 8.76. The topological polar surface area (TPSA) is 55.8 Å². The molecule has 2 rings (SSSR count). The van der Waals surface area contributed by atoms with Gasteiger partial charge < -0.3 is 14.6 Å². The Bertz CT molecular complexity index is 734. The van der Waals surface area contributed by atoms with Crippen LogP contribution in [-0.2, 0) is 4.79 Å². The third kappa shape index (κ3) is 5.68. The number of benzene rings is 2. The SMILES string of the molecule is CCCOc1ccc(-c2cccc(/C=C/C(=O)O)c2)cc1OCCC. The van der Waals surface area contributed by atoms with Crippen molar-refractivity contribution in [2.45, 2.75) is 26.7 Å². The molecule has 0 radical (unpaired) electrons. The number of carbonyl (C=O) groups is 1. The van der Waals surface area contributed by atoms with E-state index >= 15 is 0 Å². The second-order valence-electron chi connectivity index (χ2n) is 5.66. The molecular formula is C21H24O4. The Morgan fingerprint density at radius 2 is 1.64 bits per heavy atom. The van der Waals surface area contributed by atoms with E-state index in [4.69, 9.17) is 14.6 Å². The van der Waals surface area contributed by atoms with Crippen molar-refractivity contribution in [2.75, 3.05) is 13.2 Å². The van der Waals surface area contributed by atoms with Gasteiger partial charge in [0.1, 0.15) is 0 Å².